The summed E-state index contributed by atoms with van der Waals surface area (Å²) < 4.78 is 26.1. The van der Waals surface area contributed by atoms with E-state index in [4.69, 9.17) is 0 Å². The van der Waals surface area contributed by atoms with Gasteiger partial charge in [0.05, 0.1) is 17.1 Å². The lowest BCUT2D eigenvalue weighted by Gasteiger charge is -2.05. The van der Waals surface area contributed by atoms with Crippen molar-refractivity contribution in [2.45, 2.75) is 6.92 Å². The van der Waals surface area contributed by atoms with Gasteiger partial charge < -0.3 is 5.32 Å². The molecule has 0 fully saturated rings. The van der Waals surface area contributed by atoms with Crippen molar-refractivity contribution in [3.63, 3.8) is 0 Å². The van der Waals surface area contributed by atoms with Crippen LogP contribution in [0.1, 0.15) is 6.92 Å². The van der Waals surface area contributed by atoms with Gasteiger partial charge >= 0.3 is 0 Å². The van der Waals surface area contributed by atoms with Gasteiger partial charge in [-0.3, -0.25) is 10.1 Å². The second-order valence-corrected chi connectivity index (χ2v) is 2.57. The predicted molar refractivity (Wildman–Crippen MR) is 47.2 cm³/mol. The van der Waals surface area contributed by atoms with E-state index in [1.165, 1.54) is 0 Å². The first kappa shape index (κ1) is 10.4. The maximum atomic E-state index is 13.1. The van der Waals surface area contributed by atoms with E-state index in [-0.39, 0.29) is 5.69 Å². The number of non-ortho nitro benzene ring substituents is 1. The number of nitro benzene ring substituents is 1. The summed E-state index contributed by atoms with van der Waals surface area (Å²) in [5, 5.41) is 12.7. The molecule has 0 atom stereocenters. The molecule has 0 spiro atoms. The summed E-state index contributed by atoms with van der Waals surface area (Å²) in [5.74, 6) is -1.92. The molecule has 0 heterocycles. The van der Waals surface area contributed by atoms with E-state index in [0.717, 1.165) is 0 Å². The monoisotopic (exact) mass is 202 g/mol. The van der Waals surface area contributed by atoms with Crippen LogP contribution in [0.2, 0.25) is 0 Å². The van der Waals surface area contributed by atoms with Crippen LogP contribution in [0.4, 0.5) is 20.2 Å². The molecule has 4 nitrogen and oxygen atoms in total. The zero-order valence-electron chi connectivity index (χ0n) is 7.38. The number of halogens is 2. The first-order valence-electron chi connectivity index (χ1n) is 3.93. The van der Waals surface area contributed by atoms with Gasteiger partial charge in [-0.25, -0.2) is 8.78 Å². The second kappa shape index (κ2) is 3.99. The van der Waals surface area contributed by atoms with Crippen LogP contribution in [0.15, 0.2) is 12.1 Å². The summed E-state index contributed by atoms with van der Waals surface area (Å²) in [6.07, 6.45) is 0. The van der Waals surface area contributed by atoms with Gasteiger partial charge in [-0.15, -0.1) is 0 Å². The third-order valence-corrected chi connectivity index (χ3v) is 1.59. The molecule has 6 heteroatoms. The summed E-state index contributed by atoms with van der Waals surface area (Å²) in [6, 6.07) is 1.36. The fourth-order valence-corrected chi connectivity index (χ4v) is 1.01. The van der Waals surface area contributed by atoms with E-state index in [1.54, 1.807) is 6.92 Å². The van der Waals surface area contributed by atoms with E-state index in [2.05, 4.69) is 5.32 Å². The third kappa shape index (κ3) is 1.95. The summed E-state index contributed by atoms with van der Waals surface area (Å²) in [4.78, 5) is 9.38. The van der Waals surface area contributed by atoms with Crippen LogP contribution in [0.25, 0.3) is 0 Å². The van der Waals surface area contributed by atoms with E-state index in [0.29, 0.717) is 18.7 Å². The number of nitrogens with one attached hydrogen (secondary N) is 1. The Kier molecular flexibility index (Phi) is 2.95. The lowest BCUT2D eigenvalue weighted by atomic mass is 10.2. The number of nitrogens with zero attached hydrogens (tertiary/aromatic N) is 1. The largest absolute Gasteiger partial charge is 0.381 e. The second-order valence-electron chi connectivity index (χ2n) is 2.57. The van der Waals surface area contributed by atoms with Crippen LogP contribution >= 0.6 is 0 Å². The Hall–Kier alpha value is -1.72. The van der Waals surface area contributed by atoms with Crippen molar-refractivity contribution >= 4 is 11.4 Å². The van der Waals surface area contributed by atoms with Crippen LogP contribution in [-0.2, 0) is 0 Å². The van der Waals surface area contributed by atoms with Crippen molar-refractivity contribution in [2.75, 3.05) is 11.9 Å². The van der Waals surface area contributed by atoms with Crippen LogP contribution in [-0.4, -0.2) is 11.5 Å². The molecular weight excluding hydrogens is 194 g/mol. The molecule has 14 heavy (non-hydrogen) atoms. The molecule has 1 aromatic carbocycles. The molecule has 0 unspecified atom stereocenters. The lowest BCUT2D eigenvalue weighted by Crippen LogP contribution is -2.03. The van der Waals surface area contributed by atoms with E-state index in [1.807, 2.05) is 0 Å². The van der Waals surface area contributed by atoms with Crippen molar-refractivity contribution in [1.29, 1.82) is 0 Å². The number of hydrogen-bond acceptors (Lipinski definition) is 3. The van der Waals surface area contributed by atoms with Gasteiger partial charge in [-0.05, 0) is 6.92 Å². The molecule has 0 bridgehead atoms. The van der Waals surface area contributed by atoms with Crippen LogP contribution in [0.5, 0.6) is 0 Å². The zero-order valence-corrected chi connectivity index (χ0v) is 7.38. The van der Waals surface area contributed by atoms with Crippen LogP contribution in [0, 0.1) is 21.7 Å². The normalized spacial score (nSPS) is 9.93. The average molecular weight is 202 g/mol. The first-order chi connectivity index (χ1) is 6.56. The first-order valence-corrected chi connectivity index (χ1v) is 3.93. The zero-order chi connectivity index (χ0) is 10.7. The maximum absolute atomic E-state index is 13.1. The summed E-state index contributed by atoms with van der Waals surface area (Å²) >= 11 is 0. The van der Waals surface area contributed by atoms with E-state index >= 15 is 0 Å². The van der Waals surface area contributed by atoms with Crippen molar-refractivity contribution in [3.05, 3.63) is 33.9 Å². The quantitative estimate of drug-likeness (QED) is 0.604. The van der Waals surface area contributed by atoms with Crippen molar-refractivity contribution < 1.29 is 13.7 Å². The topological polar surface area (TPSA) is 55.2 Å². The minimum absolute atomic E-state index is 0.335. The molecule has 0 saturated carbocycles. The van der Waals surface area contributed by atoms with Crippen LogP contribution in [0.3, 0.4) is 0 Å². The fourth-order valence-electron chi connectivity index (χ4n) is 1.01. The lowest BCUT2D eigenvalue weighted by molar-refractivity contribution is -0.385. The highest BCUT2D eigenvalue weighted by Gasteiger charge is 2.15. The Labute approximate surface area is 78.7 Å². The Morgan fingerprint density at radius 3 is 2.29 bits per heavy atom. The molecule has 0 radical (unpaired) electrons. The molecule has 0 aliphatic rings. The molecule has 76 valence electrons. The Bertz CT molecular complexity index is 345. The van der Waals surface area contributed by atoms with Crippen LogP contribution < -0.4 is 5.32 Å². The van der Waals surface area contributed by atoms with E-state index < -0.39 is 22.2 Å². The average Bonchev–Trinajstić information content (AvgIpc) is 2.10. The summed E-state index contributed by atoms with van der Waals surface area (Å²) in [7, 11) is 0. The highest BCUT2D eigenvalue weighted by atomic mass is 19.1. The molecule has 0 aliphatic carbocycles. The van der Waals surface area contributed by atoms with Gasteiger partial charge in [0.25, 0.3) is 5.69 Å². The van der Waals surface area contributed by atoms with Gasteiger partial charge in [0.2, 0.25) is 0 Å². The Balaban J connectivity index is 3.18. The highest BCUT2D eigenvalue weighted by molar-refractivity contribution is 5.51. The number of anilines is 1. The molecule has 0 saturated heterocycles. The highest BCUT2D eigenvalue weighted by Crippen LogP contribution is 2.24. The minimum atomic E-state index is -0.960. The predicted octanol–water partition coefficient (Wildman–Crippen LogP) is 2.30. The molecule has 1 rings (SSSR count). The van der Waals surface area contributed by atoms with Crippen molar-refractivity contribution in [3.8, 4) is 0 Å². The number of benzene rings is 1. The summed E-state index contributed by atoms with van der Waals surface area (Å²) in [5.41, 5.74) is -0.931. The Morgan fingerprint density at radius 2 is 1.93 bits per heavy atom. The minimum Gasteiger partial charge on any atom is -0.381 e. The molecule has 1 aromatic rings. The molecule has 0 amide bonds. The standard InChI is InChI=1S/C8H8F2N2O2/c1-2-11-8-6(9)3-5(12(13)14)4-7(8)10/h3-4,11H,2H2,1H3. The molecule has 1 N–H and O–H groups in total. The molecule has 0 aromatic heterocycles. The van der Waals surface area contributed by atoms with Crippen molar-refractivity contribution in [1.82, 2.24) is 0 Å². The molecular formula is C8H8F2N2O2. The maximum Gasteiger partial charge on any atom is 0.275 e. The third-order valence-electron chi connectivity index (χ3n) is 1.59. The van der Waals surface area contributed by atoms with Crippen molar-refractivity contribution in [2.24, 2.45) is 0 Å². The number of rotatable bonds is 3. The Morgan fingerprint density at radius 1 is 1.43 bits per heavy atom. The van der Waals surface area contributed by atoms with Gasteiger partial charge in [0, 0.05) is 6.54 Å². The number of nitro groups is 1. The SMILES string of the molecule is CCNc1c(F)cc([N+](=O)[O-])cc1F. The smallest absolute Gasteiger partial charge is 0.275 e. The van der Waals surface area contributed by atoms with Gasteiger partial charge in [0.15, 0.2) is 11.6 Å². The number of hydrogen-bond donors (Lipinski definition) is 1. The van der Waals surface area contributed by atoms with Gasteiger partial charge in [-0.2, -0.15) is 0 Å². The van der Waals surface area contributed by atoms with E-state index in [9.17, 15) is 18.9 Å². The van der Waals surface area contributed by atoms with Gasteiger partial charge in [0.1, 0.15) is 5.69 Å². The molecule has 0 aliphatic heterocycles. The van der Waals surface area contributed by atoms with Gasteiger partial charge in [-0.1, -0.05) is 0 Å². The summed E-state index contributed by atoms with van der Waals surface area (Å²) in [6.45, 7) is 2.01. The fraction of sp³-hybridized carbons (Fsp3) is 0.250.